The fourth-order valence-electron chi connectivity index (χ4n) is 2.96. The minimum atomic E-state index is -0.344. The molecule has 7 heteroatoms. The van der Waals surface area contributed by atoms with Gasteiger partial charge in [0.2, 0.25) is 5.91 Å². The van der Waals surface area contributed by atoms with Crippen molar-refractivity contribution in [3.63, 3.8) is 0 Å². The summed E-state index contributed by atoms with van der Waals surface area (Å²) in [5.74, 6) is 0.663. The molecule has 25 heavy (non-hydrogen) atoms. The van der Waals surface area contributed by atoms with Crippen LogP contribution in [0.15, 0.2) is 28.0 Å². The van der Waals surface area contributed by atoms with Crippen molar-refractivity contribution >= 4 is 23.4 Å². The number of nitrogens with one attached hydrogen (secondary N) is 2. The molecule has 0 radical (unpaired) electrons. The number of hydrogen-bond donors (Lipinski definition) is 2. The second kappa shape index (κ2) is 7.74. The monoisotopic (exact) mass is 359 g/mol. The molecule has 1 amide bonds. The number of aryl methyl sites for hydroxylation is 2. The Morgan fingerprint density at radius 1 is 1.36 bits per heavy atom. The van der Waals surface area contributed by atoms with Gasteiger partial charge in [-0.25, -0.2) is 4.79 Å². The van der Waals surface area contributed by atoms with Crippen LogP contribution in [0.2, 0.25) is 0 Å². The zero-order valence-electron chi connectivity index (χ0n) is 14.3. The average molecular weight is 359 g/mol. The lowest BCUT2D eigenvalue weighted by Crippen LogP contribution is -2.21. The molecule has 132 valence electrons. The van der Waals surface area contributed by atoms with Crippen LogP contribution in [0.5, 0.6) is 5.75 Å². The molecule has 2 N–H and O–H groups in total. The van der Waals surface area contributed by atoms with Gasteiger partial charge >= 0.3 is 5.69 Å². The van der Waals surface area contributed by atoms with E-state index in [1.807, 2.05) is 25.1 Å². The quantitative estimate of drug-likeness (QED) is 0.633. The molecule has 1 aromatic carbocycles. The zero-order valence-corrected chi connectivity index (χ0v) is 15.2. The van der Waals surface area contributed by atoms with E-state index in [2.05, 4.69) is 15.3 Å². The molecule has 0 saturated carbocycles. The number of thioether (sulfide) groups is 1. The number of rotatable bonds is 5. The van der Waals surface area contributed by atoms with Gasteiger partial charge in [-0.3, -0.25) is 4.79 Å². The summed E-state index contributed by atoms with van der Waals surface area (Å²) >= 11 is 1.31. The predicted molar refractivity (Wildman–Crippen MR) is 98.6 cm³/mol. The number of amides is 1. The Balaban J connectivity index is 1.70. The van der Waals surface area contributed by atoms with Crippen LogP contribution in [0, 0.1) is 6.92 Å². The fraction of sp³-hybridized carbons (Fsp3) is 0.389. The minimum Gasteiger partial charge on any atom is -0.495 e. The van der Waals surface area contributed by atoms with E-state index in [-0.39, 0.29) is 17.3 Å². The smallest absolute Gasteiger partial charge is 0.346 e. The molecule has 0 bridgehead atoms. The number of carbonyl (C=O) groups is 1. The highest BCUT2D eigenvalue weighted by Gasteiger charge is 2.17. The van der Waals surface area contributed by atoms with Gasteiger partial charge in [0.15, 0.2) is 0 Å². The van der Waals surface area contributed by atoms with Crippen LogP contribution < -0.4 is 15.7 Å². The Kier molecular flexibility index (Phi) is 5.43. The number of nitrogens with zero attached hydrogens (tertiary/aromatic N) is 1. The number of aromatic nitrogens is 2. The molecule has 3 rings (SSSR count). The third-order valence-electron chi connectivity index (χ3n) is 4.16. The number of anilines is 1. The van der Waals surface area contributed by atoms with Gasteiger partial charge in [-0.05, 0) is 50.3 Å². The number of carbonyl (C=O) groups excluding carboxylic acids is 1. The SMILES string of the molecule is COc1ccc(C)cc1NC(=O)CSc1nc(=O)[nH]c2c1CCCC2. The maximum absolute atomic E-state index is 12.3. The number of benzene rings is 1. The van der Waals surface area contributed by atoms with Crippen LogP contribution in [-0.2, 0) is 17.6 Å². The van der Waals surface area contributed by atoms with Gasteiger partial charge < -0.3 is 15.0 Å². The highest BCUT2D eigenvalue weighted by molar-refractivity contribution is 8.00. The van der Waals surface area contributed by atoms with Crippen LogP contribution in [0.25, 0.3) is 0 Å². The maximum atomic E-state index is 12.3. The molecule has 0 saturated heterocycles. The van der Waals surface area contributed by atoms with Gasteiger partial charge in [0.25, 0.3) is 0 Å². The van der Waals surface area contributed by atoms with Crippen LogP contribution in [0.1, 0.15) is 29.7 Å². The summed E-state index contributed by atoms with van der Waals surface area (Å²) in [6.07, 6.45) is 3.92. The molecule has 6 nitrogen and oxygen atoms in total. The van der Waals surface area contributed by atoms with E-state index in [1.54, 1.807) is 7.11 Å². The molecule has 1 aliphatic carbocycles. The van der Waals surface area contributed by atoms with E-state index in [1.165, 1.54) is 11.8 Å². The Hall–Kier alpha value is -2.28. The second-order valence-electron chi connectivity index (χ2n) is 6.05. The van der Waals surface area contributed by atoms with Crippen molar-refractivity contribution in [1.82, 2.24) is 9.97 Å². The Labute approximate surface area is 150 Å². The highest BCUT2D eigenvalue weighted by Crippen LogP contribution is 2.28. The molecular formula is C18H21N3O3S. The first-order valence-corrected chi connectivity index (χ1v) is 9.24. The van der Waals surface area contributed by atoms with Gasteiger partial charge in [0.05, 0.1) is 18.6 Å². The fourth-order valence-corrected chi connectivity index (χ4v) is 3.84. The first-order valence-electron chi connectivity index (χ1n) is 8.26. The molecule has 2 aromatic rings. The molecule has 0 fully saturated rings. The Morgan fingerprint density at radius 3 is 2.96 bits per heavy atom. The van der Waals surface area contributed by atoms with Gasteiger partial charge in [0, 0.05) is 11.3 Å². The summed E-state index contributed by atoms with van der Waals surface area (Å²) in [6, 6.07) is 5.62. The maximum Gasteiger partial charge on any atom is 0.346 e. The number of hydrogen-bond acceptors (Lipinski definition) is 5. The predicted octanol–water partition coefficient (Wildman–Crippen LogP) is 2.70. The van der Waals surface area contributed by atoms with Crippen LogP contribution in [-0.4, -0.2) is 28.7 Å². The van der Waals surface area contributed by atoms with Crippen molar-refractivity contribution in [2.45, 2.75) is 37.6 Å². The van der Waals surface area contributed by atoms with E-state index < -0.39 is 0 Å². The molecule has 1 aromatic heterocycles. The summed E-state index contributed by atoms with van der Waals surface area (Å²) < 4.78 is 5.27. The number of fused-ring (bicyclic) bond motifs is 1. The van der Waals surface area contributed by atoms with Crippen molar-refractivity contribution in [1.29, 1.82) is 0 Å². The number of aromatic amines is 1. The van der Waals surface area contributed by atoms with Crippen LogP contribution in [0.4, 0.5) is 5.69 Å². The van der Waals surface area contributed by atoms with Crippen molar-refractivity contribution in [3.8, 4) is 5.75 Å². The van der Waals surface area contributed by atoms with E-state index >= 15 is 0 Å². The molecule has 0 aliphatic heterocycles. The van der Waals surface area contributed by atoms with Crippen LogP contribution in [0.3, 0.4) is 0 Å². The molecule has 0 atom stereocenters. The molecule has 1 aliphatic rings. The summed E-state index contributed by atoms with van der Waals surface area (Å²) in [4.78, 5) is 30.9. The molecule has 0 unspecified atom stereocenters. The van der Waals surface area contributed by atoms with Gasteiger partial charge in [0.1, 0.15) is 10.8 Å². The largest absolute Gasteiger partial charge is 0.495 e. The lowest BCUT2D eigenvalue weighted by Gasteiger charge is -2.17. The Bertz CT molecular complexity index is 848. The van der Waals surface area contributed by atoms with Crippen molar-refractivity contribution in [2.75, 3.05) is 18.2 Å². The topological polar surface area (TPSA) is 84.1 Å². The van der Waals surface area contributed by atoms with E-state index in [4.69, 9.17) is 4.74 Å². The normalized spacial score (nSPS) is 13.2. The van der Waals surface area contributed by atoms with Gasteiger partial charge in [-0.1, -0.05) is 17.8 Å². The molecule has 1 heterocycles. The lowest BCUT2D eigenvalue weighted by atomic mass is 9.98. The highest BCUT2D eigenvalue weighted by atomic mass is 32.2. The molecule has 0 spiro atoms. The number of ether oxygens (including phenoxy) is 1. The third-order valence-corrected chi connectivity index (χ3v) is 5.17. The van der Waals surface area contributed by atoms with Crippen molar-refractivity contribution in [3.05, 3.63) is 45.5 Å². The standard InChI is InChI=1S/C18H21N3O3S/c1-11-7-8-15(24-2)14(9-11)19-16(22)10-25-17-12-5-3-4-6-13(12)20-18(23)21-17/h7-9H,3-6,10H2,1-2H3,(H,19,22)(H,20,21,23). The third kappa shape index (κ3) is 4.22. The van der Waals surface area contributed by atoms with Gasteiger partial charge in [-0.2, -0.15) is 4.98 Å². The minimum absolute atomic E-state index is 0.152. The molecular weight excluding hydrogens is 338 g/mol. The first-order chi connectivity index (χ1) is 12.1. The summed E-state index contributed by atoms with van der Waals surface area (Å²) in [5, 5.41) is 3.54. The first kappa shape index (κ1) is 17.5. The van der Waals surface area contributed by atoms with E-state index in [0.29, 0.717) is 16.5 Å². The Morgan fingerprint density at radius 2 is 2.16 bits per heavy atom. The van der Waals surface area contributed by atoms with E-state index in [9.17, 15) is 9.59 Å². The summed E-state index contributed by atoms with van der Waals surface area (Å²) in [6.45, 7) is 1.95. The lowest BCUT2D eigenvalue weighted by molar-refractivity contribution is -0.113. The number of methoxy groups -OCH3 is 1. The van der Waals surface area contributed by atoms with E-state index in [0.717, 1.165) is 42.5 Å². The summed E-state index contributed by atoms with van der Waals surface area (Å²) in [5.41, 5.74) is 3.39. The summed E-state index contributed by atoms with van der Waals surface area (Å²) in [7, 11) is 1.57. The zero-order chi connectivity index (χ0) is 17.8. The van der Waals surface area contributed by atoms with Crippen molar-refractivity contribution in [2.24, 2.45) is 0 Å². The van der Waals surface area contributed by atoms with Crippen molar-refractivity contribution < 1.29 is 9.53 Å². The second-order valence-corrected chi connectivity index (χ2v) is 7.02. The van der Waals surface area contributed by atoms with Crippen LogP contribution >= 0.6 is 11.8 Å². The average Bonchev–Trinajstić information content (AvgIpc) is 2.59. The number of H-pyrrole nitrogens is 1. The van der Waals surface area contributed by atoms with Gasteiger partial charge in [-0.15, -0.1) is 0 Å².